The molecule has 0 unspecified atom stereocenters. The zero-order valence-electron chi connectivity index (χ0n) is 10.2. The van der Waals surface area contributed by atoms with Crippen LogP contribution in [-0.4, -0.2) is 37.0 Å². The molecule has 0 radical (unpaired) electrons. The van der Waals surface area contributed by atoms with Crippen LogP contribution in [0.4, 0.5) is 6.01 Å². The highest BCUT2D eigenvalue weighted by Crippen LogP contribution is 2.26. The van der Waals surface area contributed by atoms with Crippen molar-refractivity contribution in [3.05, 3.63) is 5.89 Å². The minimum absolute atomic E-state index is 0.528. The van der Waals surface area contributed by atoms with Gasteiger partial charge in [0.25, 0.3) is 0 Å². The molecule has 1 aromatic heterocycles. The van der Waals surface area contributed by atoms with E-state index in [0.29, 0.717) is 25.1 Å². The second-order valence-corrected chi connectivity index (χ2v) is 4.35. The van der Waals surface area contributed by atoms with Crippen LogP contribution in [0.5, 0.6) is 0 Å². The van der Waals surface area contributed by atoms with E-state index < -0.39 is 0 Å². The SMILES string of the molecule is COCCNCc1nnc(NCC2CCC2)o1. The summed E-state index contributed by atoms with van der Waals surface area (Å²) >= 11 is 0. The number of nitrogens with zero attached hydrogens (tertiary/aromatic N) is 2. The lowest BCUT2D eigenvalue weighted by molar-refractivity contribution is 0.198. The monoisotopic (exact) mass is 240 g/mol. The van der Waals surface area contributed by atoms with Gasteiger partial charge in [0, 0.05) is 20.2 Å². The summed E-state index contributed by atoms with van der Waals surface area (Å²) in [6, 6.07) is 0.528. The highest BCUT2D eigenvalue weighted by Gasteiger charge is 2.17. The number of anilines is 1. The lowest BCUT2D eigenvalue weighted by atomic mass is 9.85. The van der Waals surface area contributed by atoms with Crippen molar-refractivity contribution < 1.29 is 9.15 Å². The normalized spacial score (nSPS) is 15.8. The number of nitrogens with one attached hydrogen (secondary N) is 2. The van der Waals surface area contributed by atoms with E-state index in [2.05, 4.69) is 20.8 Å². The van der Waals surface area contributed by atoms with Gasteiger partial charge in [0.05, 0.1) is 13.2 Å². The van der Waals surface area contributed by atoms with E-state index >= 15 is 0 Å². The Labute approximate surface area is 101 Å². The van der Waals surface area contributed by atoms with Gasteiger partial charge >= 0.3 is 6.01 Å². The molecule has 1 fully saturated rings. The first kappa shape index (κ1) is 12.3. The first-order chi connectivity index (χ1) is 8.38. The van der Waals surface area contributed by atoms with Gasteiger partial charge in [0.15, 0.2) is 0 Å². The van der Waals surface area contributed by atoms with Crippen molar-refractivity contribution in [2.24, 2.45) is 5.92 Å². The van der Waals surface area contributed by atoms with E-state index in [0.717, 1.165) is 19.0 Å². The van der Waals surface area contributed by atoms with Crippen LogP contribution < -0.4 is 10.6 Å². The van der Waals surface area contributed by atoms with Gasteiger partial charge in [-0.05, 0) is 18.8 Å². The maximum absolute atomic E-state index is 5.45. The molecule has 6 heteroatoms. The second kappa shape index (κ2) is 6.56. The minimum atomic E-state index is 0.528. The fourth-order valence-electron chi connectivity index (χ4n) is 1.69. The van der Waals surface area contributed by atoms with Gasteiger partial charge in [-0.25, -0.2) is 0 Å². The lowest BCUT2D eigenvalue weighted by Gasteiger charge is -2.24. The van der Waals surface area contributed by atoms with Crippen LogP contribution in [0.3, 0.4) is 0 Å². The van der Waals surface area contributed by atoms with Crippen LogP contribution in [0.2, 0.25) is 0 Å². The van der Waals surface area contributed by atoms with E-state index in [9.17, 15) is 0 Å². The number of aromatic nitrogens is 2. The predicted molar refractivity (Wildman–Crippen MR) is 63.7 cm³/mol. The summed E-state index contributed by atoms with van der Waals surface area (Å²) in [5.41, 5.74) is 0. The summed E-state index contributed by atoms with van der Waals surface area (Å²) < 4.78 is 10.4. The van der Waals surface area contributed by atoms with Crippen LogP contribution in [0.1, 0.15) is 25.2 Å². The maximum atomic E-state index is 5.45. The first-order valence-corrected chi connectivity index (χ1v) is 6.14. The summed E-state index contributed by atoms with van der Waals surface area (Å²) in [6.07, 6.45) is 3.98. The molecule has 1 aliphatic carbocycles. The van der Waals surface area contributed by atoms with E-state index in [-0.39, 0.29) is 0 Å². The molecule has 1 aromatic rings. The molecule has 1 aliphatic rings. The first-order valence-electron chi connectivity index (χ1n) is 6.14. The average molecular weight is 240 g/mol. The summed E-state index contributed by atoms with van der Waals surface area (Å²) in [7, 11) is 1.68. The van der Waals surface area contributed by atoms with Gasteiger partial charge in [0.1, 0.15) is 0 Å². The zero-order valence-corrected chi connectivity index (χ0v) is 10.2. The quantitative estimate of drug-likeness (QED) is 0.661. The Balaban J connectivity index is 1.64. The number of rotatable bonds is 8. The third kappa shape index (κ3) is 3.98. The highest BCUT2D eigenvalue weighted by molar-refractivity contribution is 5.17. The predicted octanol–water partition coefficient (Wildman–Crippen LogP) is 1.02. The standard InChI is InChI=1S/C11H20N4O2/c1-16-6-5-12-8-10-14-15-11(17-10)13-7-9-3-2-4-9/h9,12H,2-8H2,1H3,(H,13,15). The number of methoxy groups -OCH3 is 1. The molecule has 2 rings (SSSR count). The van der Waals surface area contributed by atoms with Crippen molar-refractivity contribution in [1.82, 2.24) is 15.5 Å². The second-order valence-electron chi connectivity index (χ2n) is 4.35. The number of hydrogen-bond donors (Lipinski definition) is 2. The van der Waals surface area contributed by atoms with E-state index in [1.54, 1.807) is 7.11 Å². The van der Waals surface area contributed by atoms with Crippen molar-refractivity contribution >= 4 is 6.01 Å². The van der Waals surface area contributed by atoms with E-state index in [1.807, 2.05) is 0 Å². The fourth-order valence-corrected chi connectivity index (χ4v) is 1.69. The molecule has 6 nitrogen and oxygen atoms in total. The Morgan fingerprint density at radius 1 is 1.41 bits per heavy atom. The van der Waals surface area contributed by atoms with Crippen LogP contribution in [0.25, 0.3) is 0 Å². The van der Waals surface area contributed by atoms with Gasteiger partial charge in [-0.2, -0.15) is 0 Å². The Morgan fingerprint density at radius 2 is 2.29 bits per heavy atom. The number of hydrogen-bond acceptors (Lipinski definition) is 6. The van der Waals surface area contributed by atoms with Crippen molar-refractivity contribution in [1.29, 1.82) is 0 Å². The summed E-state index contributed by atoms with van der Waals surface area (Å²) in [6.45, 7) is 2.99. The molecule has 1 heterocycles. The van der Waals surface area contributed by atoms with Crippen LogP contribution in [0, 0.1) is 5.92 Å². The molecule has 17 heavy (non-hydrogen) atoms. The van der Waals surface area contributed by atoms with E-state index in [1.165, 1.54) is 19.3 Å². The molecule has 0 atom stereocenters. The molecule has 96 valence electrons. The minimum Gasteiger partial charge on any atom is -0.407 e. The lowest BCUT2D eigenvalue weighted by Crippen LogP contribution is -2.21. The van der Waals surface area contributed by atoms with Crippen molar-refractivity contribution in [2.45, 2.75) is 25.8 Å². The van der Waals surface area contributed by atoms with Crippen LogP contribution >= 0.6 is 0 Å². The molecule has 0 aliphatic heterocycles. The fraction of sp³-hybridized carbons (Fsp3) is 0.818. The Kier molecular flexibility index (Phi) is 4.75. The van der Waals surface area contributed by atoms with E-state index in [4.69, 9.17) is 9.15 Å². The largest absolute Gasteiger partial charge is 0.407 e. The molecular weight excluding hydrogens is 220 g/mol. The van der Waals surface area contributed by atoms with Crippen molar-refractivity contribution in [3.8, 4) is 0 Å². The van der Waals surface area contributed by atoms with Gasteiger partial charge in [-0.1, -0.05) is 11.5 Å². The van der Waals surface area contributed by atoms with Crippen LogP contribution in [-0.2, 0) is 11.3 Å². The van der Waals surface area contributed by atoms with Gasteiger partial charge in [0.2, 0.25) is 5.89 Å². The Bertz CT molecular complexity index is 325. The maximum Gasteiger partial charge on any atom is 0.315 e. The molecule has 0 bridgehead atoms. The molecule has 0 aromatic carbocycles. The third-order valence-electron chi connectivity index (χ3n) is 2.99. The molecule has 0 saturated heterocycles. The summed E-state index contributed by atoms with van der Waals surface area (Å²) in [5, 5.41) is 14.2. The van der Waals surface area contributed by atoms with Gasteiger partial charge in [-0.3, -0.25) is 0 Å². The Morgan fingerprint density at radius 3 is 3.00 bits per heavy atom. The highest BCUT2D eigenvalue weighted by atomic mass is 16.5. The molecule has 2 N–H and O–H groups in total. The molecule has 1 saturated carbocycles. The van der Waals surface area contributed by atoms with Gasteiger partial charge < -0.3 is 19.8 Å². The van der Waals surface area contributed by atoms with Crippen LogP contribution in [0.15, 0.2) is 4.42 Å². The molecule has 0 spiro atoms. The number of ether oxygens (including phenoxy) is 1. The summed E-state index contributed by atoms with van der Waals surface area (Å²) in [5.74, 6) is 1.39. The summed E-state index contributed by atoms with van der Waals surface area (Å²) in [4.78, 5) is 0. The van der Waals surface area contributed by atoms with Crippen molar-refractivity contribution in [3.63, 3.8) is 0 Å². The Hall–Kier alpha value is -1.14. The molecular formula is C11H20N4O2. The molecule has 0 amide bonds. The average Bonchev–Trinajstić information content (AvgIpc) is 2.70. The topological polar surface area (TPSA) is 72.2 Å². The third-order valence-corrected chi connectivity index (χ3v) is 2.99. The van der Waals surface area contributed by atoms with Crippen molar-refractivity contribution in [2.75, 3.05) is 32.1 Å². The zero-order chi connectivity index (χ0) is 11.9. The van der Waals surface area contributed by atoms with Gasteiger partial charge in [-0.15, -0.1) is 5.10 Å². The smallest absolute Gasteiger partial charge is 0.315 e.